The van der Waals surface area contributed by atoms with Crippen LogP contribution in [0.2, 0.25) is 0 Å². The number of anilines is 1. The third kappa shape index (κ3) is 3.18. The zero-order valence-corrected chi connectivity index (χ0v) is 11.9. The lowest BCUT2D eigenvalue weighted by molar-refractivity contribution is -0.384. The second-order valence-corrected chi connectivity index (χ2v) is 5.38. The number of nitro benzene ring substituents is 1. The smallest absolute Gasteiger partial charge is 0.292 e. The van der Waals surface area contributed by atoms with Crippen LogP contribution in [0, 0.1) is 10.1 Å². The maximum absolute atomic E-state index is 11.2. The van der Waals surface area contributed by atoms with Crippen LogP contribution in [0.5, 0.6) is 0 Å². The molecule has 0 saturated heterocycles. The largest absolute Gasteiger partial charge is 0.366 e. The Morgan fingerprint density at radius 3 is 2.63 bits per heavy atom. The number of benzene rings is 1. The van der Waals surface area contributed by atoms with E-state index < -0.39 is 0 Å². The average molecular weight is 283 g/mol. The van der Waals surface area contributed by atoms with Gasteiger partial charge >= 0.3 is 0 Å². The lowest BCUT2D eigenvalue weighted by Gasteiger charge is -2.32. The molecule has 104 valence electrons. The Morgan fingerprint density at radius 1 is 1.37 bits per heavy atom. The number of rotatable bonds is 4. The van der Waals surface area contributed by atoms with E-state index in [1.54, 1.807) is 6.07 Å². The quantitative estimate of drug-likeness (QED) is 0.474. The van der Waals surface area contributed by atoms with Crippen LogP contribution in [0.4, 0.5) is 11.4 Å². The Bertz CT molecular complexity index is 459. The predicted octanol–water partition coefficient (Wildman–Crippen LogP) is 4.10. The molecule has 0 aliphatic heterocycles. The van der Waals surface area contributed by atoms with Crippen molar-refractivity contribution in [1.82, 2.24) is 0 Å². The highest BCUT2D eigenvalue weighted by molar-refractivity contribution is 6.17. The molecule has 1 aliphatic carbocycles. The predicted molar refractivity (Wildman–Crippen MR) is 77.9 cm³/mol. The van der Waals surface area contributed by atoms with Gasteiger partial charge in [0.15, 0.2) is 0 Å². The number of nitrogens with zero attached hydrogens (tertiary/aromatic N) is 2. The van der Waals surface area contributed by atoms with Crippen LogP contribution in [0.25, 0.3) is 0 Å². The minimum absolute atomic E-state index is 0.159. The van der Waals surface area contributed by atoms with Gasteiger partial charge in [-0.05, 0) is 24.5 Å². The zero-order valence-electron chi connectivity index (χ0n) is 11.1. The molecule has 1 fully saturated rings. The molecular weight excluding hydrogens is 264 g/mol. The Kier molecular flexibility index (Phi) is 4.64. The molecule has 19 heavy (non-hydrogen) atoms. The van der Waals surface area contributed by atoms with Gasteiger partial charge in [-0.3, -0.25) is 10.1 Å². The summed E-state index contributed by atoms with van der Waals surface area (Å²) >= 11 is 5.75. The molecule has 0 spiro atoms. The van der Waals surface area contributed by atoms with Crippen molar-refractivity contribution in [3.05, 3.63) is 33.9 Å². The van der Waals surface area contributed by atoms with Crippen molar-refractivity contribution in [2.24, 2.45) is 0 Å². The summed E-state index contributed by atoms with van der Waals surface area (Å²) in [5.74, 6) is 0.300. The van der Waals surface area contributed by atoms with Crippen LogP contribution in [0.15, 0.2) is 18.2 Å². The standard InChI is InChI=1S/C14H19ClN2O2/c1-16(12-5-3-2-4-6-12)13-8-7-11(10-15)9-14(13)17(18)19/h7-9,12H,2-6,10H2,1H3. The van der Waals surface area contributed by atoms with Gasteiger partial charge in [-0.25, -0.2) is 0 Å². The molecule has 0 unspecified atom stereocenters. The lowest BCUT2D eigenvalue weighted by Crippen LogP contribution is -2.33. The molecule has 1 aliphatic rings. The van der Waals surface area contributed by atoms with E-state index in [4.69, 9.17) is 11.6 Å². The fourth-order valence-electron chi connectivity index (χ4n) is 2.76. The van der Waals surface area contributed by atoms with Crippen molar-refractivity contribution in [2.75, 3.05) is 11.9 Å². The number of alkyl halides is 1. The van der Waals surface area contributed by atoms with Gasteiger partial charge in [0.05, 0.1) is 4.92 Å². The van der Waals surface area contributed by atoms with E-state index >= 15 is 0 Å². The lowest BCUT2D eigenvalue weighted by atomic mass is 9.94. The minimum Gasteiger partial charge on any atom is -0.366 e. The van der Waals surface area contributed by atoms with Crippen molar-refractivity contribution in [1.29, 1.82) is 0 Å². The second kappa shape index (κ2) is 6.24. The highest BCUT2D eigenvalue weighted by atomic mass is 35.5. The maximum Gasteiger partial charge on any atom is 0.292 e. The monoisotopic (exact) mass is 282 g/mol. The fourth-order valence-corrected chi connectivity index (χ4v) is 2.93. The van der Waals surface area contributed by atoms with E-state index in [0.29, 0.717) is 17.6 Å². The van der Waals surface area contributed by atoms with Gasteiger partial charge in [0.2, 0.25) is 0 Å². The first-order valence-corrected chi connectivity index (χ1v) is 7.23. The van der Waals surface area contributed by atoms with Crippen molar-refractivity contribution in [2.45, 2.75) is 44.0 Å². The van der Waals surface area contributed by atoms with Crippen LogP contribution < -0.4 is 4.90 Å². The molecule has 5 heteroatoms. The van der Waals surface area contributed by atoms with E-state index in [1.165, 1.54) is 19.3 Å². The van der Waals surface area contributed by atoms with E-state index in [-0.39, 0.29) is 10.6 Å². The number of hydrogen-bond donors (Lipinski definition) is 0. The molecule has 0 N–H and O–H groups in total. The highest BCUT2D eigenvalue weighted by Crippen LogP contribution is 2.33. The molecule has 0 bridgehead atoms. The van der Waals surface area contributed by atoms with Crippen LogP contribution in [0.3, 0.4) is 0 Å². The van der Waals surface area contributed by atoms with Gasteiger partial charge in [-0.2, -0.15) is 0 Å². The van der Waals surface area contributed by atoms with Crippen molar-refractivity contribution >= 4 is 23.0 Å². The highest BCUT2D eigenvalue weighted by Gasteiger charge is 2.24. The third-order valence-electron chi connectivity index (χ3n) is 3.89. The number of halogens is 1. The van der Waals surface area contributed by atoms with Gasteiger partial charge in [-0.15, -0.1) is 11.6 Å². The molecule has 1 saturated carbocycles. The fraction of sp³-hybridized carbons (Fsp3) is 0.571. The third-order valence-corrected chi connectivity index (χ3v) is 4.20. The topological polar surface area (TPSA) is 46.4 Å². The molecule has 4 nitrogen and oxygen atoms in total. The number of nitro groups is 1. The minimum atomic E-state index is -0.315. The first-order chi connectivity index (χ1) is 9.13. The Hall–Kier alpha value is -1.29. The van der Waals surface area contributed by atoms with Crippen molar-refractivity contribution in [3.63, 3.8) is 0 Å². The van der Waals surface area contributed by atoms with E-state index in [9.17, 15) is 10.1 Å². The normalized spacial score (nSPS) is 16.3. The summed E-state index contributed by atoms with van der Waals surface area (Å²) in [7, 11) is 1.96. The average Bonchev–Trinajstić information content (AvgIpc) is 2.46. The van der Waals surface area contributed by atoms with Gasteiger partial charge in [0.25, 0.3) is 5.69 Å². The van der Waals surface area contributed by atoms with Crippen molar-refractivity contribution < 1.29 is 4.92 Å². The van der Waals surface area contributed by atoms with E-state index in [0.717, 1.165) is 18.4 Å². The van der Waals surface area contributed by atoms with Crippen LogP contribution in [-0.2, 0) is 5.88 Å². The second-order valence-electron chi connectivity index (χ2n) is 5.12. The first-order valence-electron chi connectivity index (χ1n) is 6.69. The van der Waals surface area contributed by atoms with Gasteiger partial charge in [0.1, 0.15) is 5.69 Å². The van der Waals surface area contributed by atoms with Crippen LogP contribution in [-0.4, -0.2) is 18.0 Å². The van der Waals surface area contributed by atoms with Gasteiger partial charge < -0.3 is 4.90 Å². The van der Waals surface area contributed by atoms with Crippen LogP contribution in [0.1, 0.15) is 37.7 Å². The summed E-state index contributed by atoms with van der Waals surface area (Å²) < 4.78 is 0. The summed E-state index contributed by atoms with van der Waals surface area (Å²) in [5, 5.41) is 11.2. The molecule has 0 atom stereocenters. The maximum atomic E-state index is 11.2. The summed E-state index contributed by atoms with van der Waals surface area (Å²) in [6.45, 7) is 0. The molecule has 1 aromatic rings. The first kappa shape index (κ1) is 14.1. The van der Waals surface area contributed by atoms with E-state index in [1.807, 2.05) is 19.2 Å². The summed E-state index contributed by atoms with van der Waals surface area (Å²) in [6, 6.07) is 5.69. The summed E-state index contributed by atoms with van der Waals surface area (Å²) in [6.07, 6.45) is 5.93. The number of hydrogen-bond acceptors (Lipinski definition) is 3. The molecular formula is C14H19ClN2O2. The Labute approximate surface area is 118 Å². The molecule has 0 radical (unpaired) electrons. The molecule has 1 aromatic carbocycles. The van der Waals surface area contributed by atoms with Crippen molar-refractivity contribution in [3.8, 4) is 0 Å². The summed E-state index contributed by atoms with van der Waals surface area (Å²) in [4.78, 5) is 13.0. The molecule has 0 amide bonds. The summed E-state index contributed by atoms with van der Waals surface area (Å²) in [5.41, 5.74) is 1.64. The molecule has 0 heterocycles. The van der Waals surface area contributed by atoms with Crippen LogP contribution >= 0.6 is 11.6 Å². The SMILES string of the molecule is CN(c1ccc(CCl)cc1[N+](=O)[O-])C1CCCCC1. The zero-order chi connectivity index (χ0) is 13.8. The van der Waals surface area contributed by atoms with E-state index in [2.05, 4.69) is 4.90 Å². The van der Waals surface area contributed by atoms with Gasteiger partial charge in [0, 0.05) is 25.0 Å². The molecule has 0 aromatic heterocycles. The van der Waals surface area contributed by atoms with Gasteiger partial charge in [-0.1, -0.05) is 25.3 Å². The Balaban J connectivity index is 2.29. The Morgan fingerprint density at radius 2 is 2.05 bits per heavy atom. The molecule has 2 rings (SSSR count).